The van der Waals surface area contributed by atoms with Gasteiger partial charge >= 0.3 is 0 Å². The number of rotatable bonds is 2. The molecule has 0 fully saturated rings. The van der Waals surface area contributed by atoms with Gasteiger partial charge in [0.25, 0.3) is 0 Å². The van der Waals surface area contributed by atoms with E-state index < -0.39 is 5.82 Å². The van der Waals surface area contributed by atoms with Crippen molar-refractivity contribution in [1.82, 2.24) is 4.98 Å². The zero-order valence-electron chi connectivity index (χ0n) is 9.77. The predicted molar refractivity (Wildman–Crippen MR) is 75.0 cm³/mol. The minimum absolute atomic E-state index is 0.0919. The van der Waals surface area contributed by atoms with E-state index in [4.69, 9.17) is 5.73 Å². The summed E-state index contributed by atoms with van der Waals surface area (Å²) in [5.74, 6) is -0.475. The highest BCUT2D eigenvalue weighted by atomic mass is 79.9. The number of halogens is 2. The SMILES string of the molecule is N#C/C(=C(/N)c1cc(Br)ccc1F)c1cccnc1. The number of pyridine rings is 1. The quantitative estimate of drug-likeness (QED) is 0.864. The van der Waals surface area contributed by atoms with Crippen molar-refractivity contribution in [2.45, 2.75) is 0 Å². The normalized spacial score (nSPS) is 11.6. The standard InChI is InChI=1S/C14H9BrFN3/c15-10-3-4-13(16)11(6-10)14(18)12(7-17)9-2-1-5-19-8-9/h1-6,8H,18H2/b14-12-. The zero-order chi connectivity index (χ0) is 13.8. The first-order chi connectivity index (χ1) is 9.13. The van der Waals surface area contributed by atoms with Gasteiger partial charge in [-0.25, -0.2) is 4.39 Å². The van der Waals surface area contributed by atoms with Gasteiger partial charge in [-0.3, -0.25) is 4.98 Å². The van der Waals surface area contributed by atoms with Crippen LogP contribution in [0.4, 0.5) is 4.39 Å². The lowest BCUT2D eigenvalue weighted by Crippen LogP contribution is -2.03. The summed E-state index contributed by atoms with van der Waals surface area (Å²) in [7, 11) is 0. The van der Waals surface area contributed by atoms with Gasteiger partial charge in [0.05, 0.1) is 11.3 Å². The number of hydrogen-bond acceptors (Lipinski definition) is 3. The Kier molecular flexibility index (Phi) is 3.93. The smallest absolute Gasteiger partial charge is 0.132 e. The Morgan fingerprint density at radius 3 is 2.79 bits per heavy atom. The Bertz CT molecular complexity index is 675. The van der Waals surface area contributed by atoms with E-state index in [1.54, 1.807) is 30.5 Å². The minimum atomic E-state index is -0.475. The Hall–Kier alpha value is -2.19. The maximum atomic E-state index is 13.8. The van der Waals surface area contributed by atoms with E-state index >= 15 is 0 Å². The Morgan fingerprint density at radius 1 is 1.37 bits per heavy atom. The van der Waals surface area contributed by atoms with Crippen LogP contribution < -0.4 is 5.73 Å². The molecule has 0 atom stereocenters. The summed E-state index contributed by atoms with van der Waals surface area (Å²) in [6.07, 6.45) is 3.11. The molecule has 0 saturated carbocycles. The van der Waals surface area contributed by atoms with Gasteiger partial charge in [0.1, 0.15) is 11.9 Å². The number of hydrogen-bond donors (Lipinski definition) is 1. The fraction of sp³-hybridized carbons (Fsp3) is 0. The zero-order valence-corrected chi connectivity index (χ0v) is 11.4. The monoisotopic (exact) mass is 317 g/mol. The lowest BCUT2D eigenvalue weighted by molar-refractivity contribution is 0.623. The van der Waals surface area contributed by atoms with Crippen LogP contribution in [0.5, 0.6) is 0 Å². The van der Waals surface area contributed by atoms with Crippen LogP contribution in [0.2, 0.25) is 0 Å². The molecule has 0 saturated heterocycles. The second-order valence-electron chi connectivity index (χ2n) is 3.77. The number of allylic oxidation sites excluding steroid dienone is 1. The fourth-order valence-corrected chi connectivity index (χ4v) is 1.99. The number of benzene rings is 1. The molecular weight excluding hydrogens is 309 g/mol. The van der Waals surface area contributed by atoms with Crippen LogP contribution in [0.1, 0.15) is 11.1 Å². The molecule has 0 amide bonds. The van der Waals surface area contributed by atoms with E-state index in [1.807, 2.05) is 6.07 Å². The molecule has 1 aromatic heterocycles. The largest absolute Gasteiger partial charge is 0.397 e. The average Bonchev–Trinajstić information content (AvgIpc) is 2.43. The highest BCUT2D eigenvalue weighted by molar-refractivity contribution is 9.10. The van der Waals surface area contributed by atoms with Gasteiger partial charge in [-0.15, -0.1) is 0 Å². The van der Waals surface area contributed by atoms with Crippen LogP contribution in [0.3, 0.4) is 0 Å². The first kappa shape index (κ1) is 13.2. The topological polar surface area (TPSA) is 62.7 Å². The number of aromatic nitrogens is 1. The van der Waals surface area contributed by atoms with E-state index in [-0.39, 0.29) is 16.8 Å². The van der Waals surface area contributed by atoms with Crippen molar-refractivity contribution in [1.29, 1.82) is 5.26 Å². The Labute approximate surface area is 118 Å². The summed E-state index contributed by atoms with van der Waals surface area (Å²) in [5.41, 5.74) is 6.96. The summed E-state index contributed by atoms with van der Waals surface area (Å²) in [6, 6.07) is 9.80. The summed E-state index contributed by atoms with van der Waals surface area (Å²) >= 11 is 3.25. The molecule has 0 spiro atoms. The molecular formula is C14H9BrFN3. The molecule has 19 heavy (non-hydrogen) atoms. The van der Waals surface area contributed by atoms with Crippen molar-refractivity contribution in [2.24, 2.45) is 5.73 Å². The molecule has 0 aliphatic heterocycles. The predicted octanol–water partition coefficient (Wildman–Crippen LogP) is 3.33. The molecule has 2 aromatic rings. The number of nitriles is 1. The van der Waals surface area contributed by atoms with Crippen molar-refractivity contribution in [3.63, 3.8) is 0 Å². The van der Waals surface area contributed by atoms with Crippen LogP contribution in [0.25, 0.3) is 11.3 Å². The number of nitrogens with two attached hydrogens (primary N) is 1. The van der Waals surface area contributed by atoms with E-state index in [1.165, 1.54) is 12.3 Å². The summed E-state index contributed by atoms with van der Waals surface area (Å²) < 4.78 is 14.5. The van der Waals surface area contributed by atoms with Gasteiger partial charge in [-0.05, 0) is 24.3 Å². The number of nitrogens with zero attached hydrogens (tertiary/aromatic N) is 2. The maximum Gasteiger partial charge on any atom is 0.132 e. The molecule has 1 aromatic carbocycles. The molecule has 0 aliphatic rings. The summed E-state index contributed by atoms with van der Waals surface area (Å²) in [4.78, 5) is 3.93. The van der Waals surface area contributed by atoms with Crippen molar-refractivity contribution in [3.05, 3.63) is 64.1 Å². The third-order valence-corrected chi connectivity index (χ3v) is 3.04. The molecule has 5 heteroatoms. The molecule has 0 radical (unpaired) electrons. The van der Waals surface area contributed by atoms with Gasteiger partial charge in [0, 0.05) is 28.0 Å². The maximum absolute atomic E-state index is 13.8. The van der Waals surface area contributed by atoms with Crippen LogP contribution in [0, 0.1) is 17.1 Å². The Morgan fingerprint density at radius 2 is 2.16 bits per heavy atom. The fourth-order valence-electron chi connectivity index (χ4n) is 1.63. The second-order valence-corrected chi connectivity index (χ2v) is 4.68. The summed E-state index contributed by atoms with van der Waals surface area (Å²) in [5, 5.41) is 9.22. The van der Waals surface area contributed by atoms with E-state index in [2.05, 4.69) is 20.9 Å². The second kappa shape index (κ2) is 5.63. The minimum Gasteiger partial charge on any atom is -0.397 e. The van der Waals surface area contributed by atoms with Gasteiger partial charge in [-0.1, -0.05) is 22.0 Å². The van der Waals surface area contributed by atoms with Crippen molar-refractivity contribution >= 4 is 27.2 Å². The average molecular weight is 318 g/mol. The summed E-state index contributed by atoms with van der Waals surface area (Å²) in [6.45, 7) is 0. The third kappa shape index (κ3) is 2.80. The van der Waals surface area contributed by atoms with Gasteiger partial charge in [0.15, 0.2) is 0 Å². The van der Waals surface area contributed by atoms with E-state index in [0.29, 0.717) is 10.0 Å². The van der Waals surface area contributed by atoms with Gasteiger partial charge in [-0.2, -0.15) is 5.26 Å². The first-order valence-corrected chi connectivity index (χ1v) is 6.18. The molecule has 0 aliphatic carbocycles. The Balaban J connectivity index is 2.62. The molecule has 94 valence electrons. The van der Waals surface area contributed by atoms with Crippen molar-refractivity contribution < 1.29 is 4.39 Å². The molecule has 3 nitrogen and oxygen atoms in total. The van der Waals surface area contributed by atoms with Gasteiger partial charge in [0.2, 0.25) is 0 Å². The van der Waals surface area contributed by atoms with E-state index in [9.17, 15) is 9.65 Å². The van der Waals surface area contributed by atoms with Crippen molar-refractivity contribution in [3.8, 4) is 6.07 Å². The van der Waals surface area contributed by atoms with Gasteiger partial charge < -0.3 is 5.73 Å². The van der Waals surface area contributed by atoms with Crippen molar-refractivity contribution in [2.75, 3.05) is 0 Å². The molecule has 1 heterocycles. The third-order valence-electron chi connectivity index (χ3n) is 2.55. The highest BCUT2D eigenvalue weighted by Gasteiger charge is 2.12. The molecule has 0 unspecified atom stereocenters. The van der Waals surface area contributed by atoms with Crippen LogP contribution in [0.15, 0.2) is 47.2 Å². The van der Waals surface area contributed by atoms with Crippen LogP contribution in [-0.2, 0) is 0 Å². The van der Waals surface area contributed by atoms with E-state index in [0.717, 1.165) is 0 Å². The highest BCUT2D eigenvalue weighted by Crippen LogP contribution is 2.25. The lowest BCUT2D eigenvalue weighted by atomic mass is 10.0. The molecule has 2 N–H and O–H groups in total. The first-order valence-electron chi connectivity index (χ1n) is 5.39. The lowest BCUT2D eigenvalue weighted by Gasteiger charge is -2.07. The molecule has 0 bridgehead atoms. The van der Waals surface area contributed by atoms with Crippen LogP contribution >= 0.6 is 15.9 Å². The van der Waals surface area contributed by atoms with Crippen LogP contribution in [-0.4, -0.2) is 4.98 Å². The molecule has 2 rings (SSSR count).